The van der Waals surface area contributed by atoms with E-state index in [1.54, 1.807) is 0 Å². The number of imidazole rings is 1. The molecule has 1 saturated heterocycles. The fraction of sp³-hybridized carbons (Fsp3) is 0.619. The average molecular weight is 556 g/mol. The Morgan fingerprint density at radius 2 is 1.95 bits per heavy atom. The third-order valence-electron chi connectivity index (χ3n) is 6.13. The van der Waals surface area contributed by atoms with Gasteiger partial charge in [0.15, 0.2) is 16.8 Å². The van der Waals surface area contributed by atoms with Gasteiger partial charge < -0.3 is 25.2 Å². The molecule has 0 radical (unpaired) electrons. The Kier molecular flexibility index (Phi) is 7.76. The minimum atomic E-state index is -4.71. The van der Waals surface area contributed by atoms with E-state index in [1.165, 1.54) is 30.1 Å². The highest BCUT2D eigenvalue weighted by atomic mass is 19.4. The van der Waals surface area contributed by atoms with Gasteiger partial charge in [-0.1, -0.05) is 0 Å². The monoisotopic (exact) mass is 556 g/mol. The number of carboxylic acid groups (broad SMARTS) is 1. The van der Waals surface area contributed by atoms with Gasteiger partial charge in [-0.05, 0) is 32.4 Å². The van der Waals surface area contributed by atoms with Crippen molar-refractivity contribution in [2.75, 3.05) is 20.3 Å². The summed E-state index contributed by atoms with van der Waals surface area (Å²) in [6, 6.07) is -0.768. The van der Waals surface area contributed by atoms with E-state index >= 15 is 0 Å². The van der Waals surface area contributed by atoms with Crippen molar-refractivity contribution >= 4 is 17.8 Å². The summed E-state index contributed by atoms with van der Waals surface area (Å²) < 4.78 is 91.0. The maximum Gasteiger partial charge on any atom is 0.416 e. The second-order valence-corrected chi connectivity index (χ2v) is 9.44. The van der Waals surface area contributed by atoms with Crippen LogP contribution in [0.3, 0.4) is 0 Å². The first kappa shape index (κ1) is 29.2. The van der Waals surface area contributed by atoms with Crippen LogP contribution in [0.1, 0.15) is 38.1 Å². The number of urea groups is 1. The number of halogens is 6. The lowest BCUT2D eigenvalue weighted by atomic mass is 10.0. The molecule has 0 aliphatic carbocycles. The van der Waals surface area contributed by atoms with Gasteiger partial charge in [0.2, 0.25) is 0 Å². The van der Waals surface area contributed by atoms with Crippen LogP contribution in [0, 0.1) is 0 Å². The van der Waals surface area contributed by atoms with Crippen LogP contribution in [0.4, 0.5) is 35.9 Å². The first-order valence-corrected chi connectivity index (χ1v) is 11.1. The molecule has 1 aliphatic rings. The lowest BCUT2D eigenvalue weighted by Crippen LogP contribution is -2.53. The van der Waals surface area contributed by atoms with Gasteiger partial charge in [-0.3, -0.25) is 4.90 Å². The smallest absolute Gasteiger partial charge is 0.416 e. The number of amides is 3. The summed E-state index contributed by atoms with van der Waals surface area (Å²) >= 11 is 0. The summed E-state index contributed by atoms with van der Waals surface area (Å²) in [5, 5.41) is 17.2. The highest BCUT2D eigenvalue weighted by Gasteiger charge is 2.58. The Bertz CT molecular complexity index is 1190. The molecule has 3 rings (SSSR count). The Morgan fingerprint density at radius 1 is 1.29 bits per heavy atom. The molecule has 2 aromatic heterocycles. The van der Waals surface area contributed by atoms with E-state index in [4.69, 9.17) is 14.6 Å². The van der Waals surface area contributed by atoms with Crippen LogP contribution >= 0.6 is 0 Å². The zero-order valence-electron chi connectivity index (χ0n) is 20.6. The van der Waals surface area contributed by atoms with Crippen LogP contribution in [0.2, 0.25) is 0 Å². The van der Waals surface area contributed by atoms with Crippen LogP contribution < -0.4 is 10.6 Å². The van der Waals surface area contributed by atoms with Gasteiger partial charge in [-0.2, -0.15) is 31.4 Å². The number of nitrogens with one attached hydrogen (secondary N) is 2. The summed E-state index contributed by atoms with van der Waals surface area (Å²) in [5.74, 6) is 0. The lowest BCUT2D eigenvalue weighted by Gasteiger charge is -2.29. The SMILES string of the molecule is COC(Cc1cnn2cc([C@H](COC(C)(C)C(F)(F)F)NC(=O)O)nc2c1)N1C[C@@](C)(C(F)(F)F)NC1=O. The van der Waals surface area contributed by atoms with Crippen molar-refractivity contribution in [3.8, 4) is 0 Å². The molecule has 0 aromatic carbocycles. The minimum absolute atomic E-state index is 0.0122. The van der Waals surface area contributed by atoms with E-state index < -0.39 is 61.0 Å². The summed E-state index contributed by atoms with van der Waals surface area (Å²) in [6.45, 7) is 1.08. The van der Waals surface area contributed by atoms with Gasteiger partial charge in [0.25, 0.3) is 0 Å². The third-order valence-corrected chi connectivity index (χ3v) is 6.13. The van der Waals surface area contributed by atoms with Crippen molar-refractivity contribution in [1.29, 1.82) is 0 Å². The van der Waals surface area contributed by atoms with Crippen LogP contribution in [0.15, 0.2) is 18.5 Å². The highest BCUT2D eigenvalue weighted by Crippen LogP contribution is 2.35. The molecule has 3 N–H and O–H groups in total. The summed E-state index contributed by atoms with van der Waals surface area (Å²) in [4.78, 5) is 28.6. The molecule has 1 fully saturated rings. The molecule has 17 heteroatoms. The Balaban J connectivity index is 1.81. The van der Waals surface area contributed by atoms with Crippen molar-refractivity contribution in [2.45, 2.75) is 63.0 Å². The third kappa shape index (κ3) is 6.03. The highest BCUT2D eigenvalue weighted by molar-refractivity contribution is 5.78. The van der Waals surface area contributed by atoms with Crippen molar-refractivity contribution in [3.05, 3.63) is 29.7 Å². The molecule has 0 saturated carbocycles. The largest absolute Gasteiger partial charge is 0.465 e. The fourth-order valence-corrected chi connectivity index (χ4v) is 3.61. The van der Waals surface area contributed by atoms with Crippen LogP contribution in [-0.4, -0.2) is 86.7 Å². The number of carbonyl (C=O) groups excluding carboxylic acids is 1. The number of hydrogen-bond donors (Lipinski definition) is 3. The zero-order chi connectivity index (χ0) is 28.7. The minimum Gasteiger partial charge on any atom is -0.465 e. The van der Waals surface area contributed by atoms with E-state index in [0.29, 0.717) is 5.56 Å². The van der Waals surface area contributed by atoms with E-state index in [2.05, 4.69) is 15.4 Å². The standard InChI is InChI=1S/C21H26F6N6O5/c1-18(2,20(22,23)24)38-9-13(30-17(35)36)12-8-33-14(29-12)5-11(7-28-33)6-15(37-4)32-10-19(3,21(25,26)27)31-16(32)34/h5,7-8,13,15,30H,6,9-10H2,1-4H3,(H,31,34)(H,35,36)/t13-,15?,19-/m0/s1. The molecule has 212 valence electrons. The Morgan fingerprint density at radius 3 is 2.47 bits per heavy atom. The molecule has 0 spiro atoms. The van der Waals surface area contributed by atoms with Gasteiger partial charge in [-0.25, -0.2) is 19.1 Å². The number of carbonyl (C=O) groups is 2. The molecule has 38 heavy (non-hydrogen) atoms. The number of ether oxygens (including phenoxy) is 2. The molecule has 3 heterocycles. The van der Waals surface area contributed by atoms with Crippen LogP contribution in [0.25, 0.3) is 5.65 Å². The maximum absolute atomic E-state index is 13.4. The number of methoxy groups -OCH3 is 1. The quantitative estimate of drug-likeness (QED) is 0.405. The normalized spacial score (nSPS) is 20.5. The summed E-state index contributed by atoms with van der Waals surface area (Å²) in [7, 11) is 1.23. The Labute approximate surface area is 212 Å². The molecule has 1 aliphatic heterocycles. The van der Waals surface area contributed by atoms with E-state index in [9.17, 15) is 35.9 Å². The zero-order valence-corrected chi connectivity index (χ0v) is 20.6. The van der Waals surface area contributed by atoms with Crippen LogP contribution in [-0.2, 0) is 15.9 Å². The van der Waals surface area contributed by atoms with Crippen molar-refractivity contribution in [2.24, 2.45) is 0 Å². The second-order valence-electron chi connectivity index (χ2n) is 9.44. The van der Waals surface area contributed by atoms with Gasteiger partial charge in [0.05, 0.1) is 37.3 Å². The predicted molar refractivity (Wildman–Crippen MR) is 117 cm³/mol. The molecule has 3 atom stereocenters. The average Bonchev–Trinajstić information content (AvgIpc) is 3.34. The molecular weight excluding hydrogens is 530 g/mol. The molecule has 3 amide bonds. The van der Waals surface area contributed by atoms with Gasteiger partial charge >= 0.3 is 24.5 Å². The molecule has 2 aromatic rings. The van der Waals surface area contributed by atoms with Gasteiger partial charge in [-0.15, -0.1) is 0 Å². The van der Waals surface area contributed by atoms with Crippen LogP contribution in [0.5, 0.6) is 0 Å². The van der Waals surface area contributed by atoms with E-state index in [1.807, 2.05) is 5.32 Å². The van der Waals surface area contributed by atoms with Crippen molar-refractivity contribution < 1.29 is 50.5 Å². The fourth-order valence-electron chi connectivity index (χ4n) is 3.61. The number of rotatable bonds is 9. The number of aromatic nitrogens is 3. The lowest BCUT2D eigenvalue weighted by molar-refractivity contribution is -0.265. The first-order chi connectivity index (χ1) is 17.4. The van der Waals surface area contributed by atoms with Gasteiger partial charge in [0.1, 0.15) is 6.23 Å². The molecular formula is C21H26F6N6O5. The number of nitrogens with zero attached hydrogens (tertiary/aromatic N) is 4. The summed E-state index contributed by atoms with van der Waals surface area (Å²) in [6.07, 6.45) is -9.45. The maximum atomic E-state index is 13.4. The topological polar surface area (TPSA) is 130 Å². The molecule has 0 bridgehead atoms. The first-order valence-electron chi connectivity index (χ1n) is 11.1. The van der Waals surface area contributed by atoms with E-state index in [0.717, 1.165) is 25.7 Å². The van der Waals surface area contributed by atoms with Crippen molar-refractivity contribution in [1.82, 2.24) is 30.1 Å². The second kappa shape index (κ2) is 10.1. The number of fused-ring (bicyclic) bond motifs is 1. The predicted octanol–water partition coefficient (Wildman–Crippen LogP) is 3.26. The molecule has 11 nitrogen and oxygen atoms in total. The molecule has 1 unspecified atom stereocenters. The van der Waals surface area contributed by atoms with Crippen molar-refractivity contribution in [3.63, 3.8) is 0 Å². The van der Waals surface area contributed by atoms with E-state index in [-0.39, 0.29) is 17.8 Å². The Hall–Kier alpha value is -3.34. The number of alkyl halides is 6. The van der Waals surface area contributed by atoms with Gasteiger partial charge in [0, 0.05) is 13.5 Å². The number of hydrogen-bond acceptors (Lipinski definition) is 6. The summed E-state index contributed by atoms with van der Waals surface area (Å²) in [5.41, 5.74) is -4.44.